The number of rotatable bonds is 7. The van der Waals surface area contributed by atoms with Gasteiger partial charge in [-0.15, -0.1) is 0 Å². The van der Waals surface area contributed by atoms with Crippen LogP contribution in [-0.2, 0) is 0 Å². The van der Waals surface area contributed by atoms with Crippen LogP contribution >= 0.6 is 0 Å². The molecule has 2 atom stereocenters. The van der Waals surface area contributed by atoms with Crippen LogP contribution in [0.3, 0.4) is 0 Å². The molecule has 2 unspecified atom stereocenters. The molecular formula is C18H26N4O3. The fraction of sp³-hybridized carbons (Fsp3) is 0.556. The van der Waals surface area contributed by atoms with Gasteiger partial charge in [0, 0.05) is 6.04 Å². The molecule has 1 saturated heterocycles. The molecule has 25 heavy (non-hydrogen) atoms. The van der Waals surface area contributed by atoms with E-state index in [4.69, 9.17) is 0 Å². The van der Waals surface area contributed by atoms with Crippen molar-refractivity contribution in [3.8, 4) is 5.75 Å². The number of aromatic nitrogens is 2. The summed E-state index contributed by atoms with van der Waals surface area (Å²) in [6.07, 6.45) is 3.20. The Morgan fingerprint density at radius 2 is 2.28 bits per heavy atom. The van der Waals surface area contributed by atoms with Crippen molar-refractivity contribution in [2.75, 3.05) is 26.7 Å². The number of para-hydroxylation sites is 1. The zero-order valence-corrected chi connectivity index (χ0v) is 14.5. The van der Waals surface area contributed by atoms with Crippen molar-refractivity contribution in [2.24, 2.45) is 0 Å². The van der Waals surface area contributed by atoms with E-state index in [1.165, 1.54) is 25.5 Å². The first-order valence-electron chi connectivity index (χ1n) is 8.87. The van der Waals surface area contributed by atoms with Crippen molar-refractivity contribution in [3.05, 3.63) is 34.4 Å². The molecule has 4 N–H and O–H groups in total. The molecule has 7 heteroatoms. The molecular weight excluding hydrogens is 320 g/mol. The fourth-order valence-corrected chi connectivity index (χ4v) is 3.44. The summed E-state index contributed by atoms with van der Waals surface area (Å²) in [5, 5.41) is 23.8. The monoisotopic (exact) mass is 346 g/mol. The van der Waals surface area contributed by atoms with E-state index in [1.54, 1.807) is 12.1 Å². The van der Waals surface area contributed by atoms with Gasteiger partial charge in [0.25, 0.3) is 5.56 Å². The number of phenols is 1. The first-order valence-corrected chi connectivity index (χ1v) is 8.87. The van der Waals surface area contributed by atoms with Gasteiger partial charge in [-0.1, -0.05) is 6.07 Å². The summed E-state index contributed by atoms with van der Waals surface area (Å²) in [6, 6.07) is 5.32. The summed E-state index contributed by atoms with van der Waals surface area (Å²) in [7, 11) is 2.17. The van der Waals surface area contributed by atoms with Crippen LogP contribution in [0.15, 0.2) is 23.0 Å². The van der Waals surface area contributed by atoms with Crippen molar-refractivity contribution >= 4 is 10.9 Å². The Morgan fingerprint density at radius 3 is 3.04 bits per heavy atom. The number of aliphatic hydroxyl groups is 1. The Labute approximate surface area is 146 Å². The maximum atomic E-state index is 12.1. The number of aliphatic hydroxyl groups excluding tert-OH is 1. The SMILES string of the molecule is CN1CCCC1CCNCCC(O)c1nc2c(O)cccc2c(=O)[nH]1. The Bertz CT molecular complexity index is 776. The van der Waals surface area contributed by atoms with Crippen LogP contribution in [0.4, 0.5) is 0 Å². The summed E-state index contributed by atoms with van der Waals surface area (Å²) in [5.74, 6) is 0.132. The topological polar surface area (TPSA) is 101 Å². The minimum Gasteiger partial charge on any atom is -0.506 e. The summed E-state index contributed by atoms with van der Waals surface area (Å²) in [4.78, 5) is 21.3. The molecule has 0 amide bonds. The van der Waals surface area contributed by atoms with E-state index >= 15 is 0 Å². The number of phenolic OH excluding ortho intramolecular Hbond substituents is 1. The van der Waals surface area contributed by atoms with Gasteiger partial charge in [-0.2, -0.15) is 0 Å². The van der Waals surface area contributed by atoms with Gasteiger partial charge in [0.15, 0.2) is 0 Å². The van der Waals surface area contributed by atoms with E-state index in [0.29, 0.717) is 24.4 Å². The Balaban J connectivity index is 1.53. The first-order chi connectivity index (χ1) is 12.1. The number of aromatic amines is 1. The van der Waals surface area contributed by atoms with Crippen LogP contribution in [0, 0.1) is 0 Å². The molecule has 0 bridgehead atoms. The summed E-state index contributed by atoms with van der Waals surface area (Å²) in [5.41, 5.74) is -0.135. The second kappa shape index (κ2) is 7.95. The predicted molar refractivity (Wildman–Crippen MR) is 96.7 cm³/mol. The van der Waals surface area contributed by atoms with E-state index in [-0.39, 0.29) is 22.6 Å². The summed E-state index contributed by atoms with van der Waals surface area (Å²) in [6.45, 7) is 2.72. The Hall–Kier alpha value is -1.96. The Kier molecular flexibility index (Phi) is 5.67. The van der Waals surface area contributed by atoms with E-state index in [0.717, 1.165) is 13.0 Å². The number of H-pyrrole nitrogens is 1. The molecule has 136 valence electrons. The average Bonchev–Trinajstić information content (AvgIpc) is 3.00. The highest BCUT2D eigenvalue weighted by Crippen LogP contribution is 2.21. The maximum absolute atomic E-state index is 12.1. The number of likely N-dealkylation sites (tertiary alicyclic amines) is 1. The number of hydrogen-bond donors (Lipinski definition) is 4. The molecule has 2 heterocycles. The van der Waals surface area contributed by atoms with E-state index in [2.05, 4.69) is 27.2 Å². The minimum atomic E-state index is -0.877. The smallest absolute Gasteiger partial charge is 0.258 e. The predicted octanol–water partition coefficient (Wildman–Crippen LogP) is 1.13. The largest absolute Gasteiger partial charge is 0.506 e. The van der Waals surface area contributed by atoms with Gasteiger partial charge >= 0.3 is 0 Å². The molecule has 2 aromatic rings. The molecule has 0 spiro atoms. The van der Waals surface area contributed by atoms with Gasteiger partial charge in [-0.05, 0) is 64.5 Å². The number of nitrogens with one attached hydrogen (secondary N) is 2. The number of benzene rings is 1. The number of nitrogens with zero attached hydrogens (tertiary/aromatic N) is 2. The molecule has 0 radical (unpaired) electrons. The molecule has 1 aliphatic heterocycles. The van der Waals surface area contributed by atoms with Crippen LogP contribution in [-0.4, -0.2) is 57.8 Å². The lowest BCUT2D eigenvalue weighted by Crippen LogP contribution is -2.29. The minimum absolute atomic E-state index is 0.0594. The van der Waals surface area contributed by atoms with E-state index < -0.39 is 6.10 Å². The lowest BCUT2D eigenvalue weighted by Gasteiger charge is -2.19. The zero-order chi connectivity index (χ0) is 17.8. The van der Waals surface area contributed by atoms with Crippen LogP contribution < -0.4 is 10.9 Å². The molecule has 1 aliphatic rings. The summed E-state index contributed by atoms with van der Waals surface area (Å²) >= 11 is 0. The van der Waals surface area contributed by atoms with Crippen molar-refractivity contribution in [2.45, 2.75) is 37.8 Å². The number of fused-ring (bicyclic) bond motifs is 1. The normalized spacial score (nSPS) is 19.5. The van der Waals surface area contributed by atoms with Gasteiger partial charge in [0.2, 0.25) is 0 Å². The molecule has 1 fully saturated rings. The third-order valence-corrected chi connectivity index (χ3v) is 4.97. The zero-order valence-electron chi connectivity index (χ0n) is 14.5. The highest BCUT2D eigenvalue weighted by Gasteiger charge is 2.20. The molecule has 0 aliphatic carbocycles. The van der Waals surface area contributed by atoms with Crippen LogP contribution in [0.2, 0.25) is 0 Å². The van der Waals surface area contributed by atoms with Gasteiger partial charge in [0.05, 0.1) is 5.39 Å². The van der Waals surface area contributed by atoms with Gasteiger partial charge in [-0.25, -0.2) is 4.98 Å². The van der Waals surface area contributed by atoms with Gasteiger partial charge in [0.1, 0.15) is 23.2 Å². The highest BCUT2D eigenvalue weighted by molar-refractivity contribution is 5.83. The second-order valence-electron chi connectivity index (χ2n) is 6.74. The lowest BCUT2D eigenvalue weighted by atomic mass is 10.1. The quantitative estimate of drug-likeness (QED) is 0.561. The number of aromatic hydroxyl groups is 1. The second-order valence-corrected chi connectivity index (χ2v) is 6.74. The van der Waals surface area contributed by atoms with Gasteiger partial charge in [-0.3, -0.25) is 4.79 Å². The third-order valence-electron chi connectivity index (χ3n) is 4.97. The molecule has 0 saturated carbocycles. The standard InChI is InChI=1S/C18H26N4O3/c1-22-11-3-4-12(22)7-9-19-10-8-15(24)17-20-16-13(18(25)21-17)5-2-6-14(16)23/h2,5-6,12,15,19,23-24H,3-4,7-11H2,1H3,(H,20,21,25). The average molecular weight is 346 g/mol. The van der Waals surface area contributed by atoms with Crippen molar-refractivity contribution in [1.29, 1.82) is 0 Å². The van der Waals surface area contributed by atoms with E-state index in [9.17, 15) is 15.0 Å². The van der Waals surface area contributed by atoms with Crippen LogP contribution in [0.25, 0.3) is 10.9 Å². The molecule has 1 aromatic carbocycles. The maximum Gasteiger partial charge on any atom is 0.258 e. The molecule has 1 aromatic heterocycles. The van der Waals surface area contributed by atoms with Crippen molar-refractivity contribution in [1.82, 2.24) is 20.2 Å². The highest BCUT2D eigenvalue weighted by atomic mass is 16.3. The lowest BCUT2D eigenvalue weighted by molar-refractivity contribution is 0.157. The third kappa shape index (κ3) is 4.18. The first kappa shape index (κ1) is 17.8. The fourth-order valence-electron chi connectivity index (χ4n) is 3.44. The van der Waals surface area contributed by atoms with Crippen molar-refractivity contribution < 1.29 is 10.2 Å². The molecule has 3 rings (SSSR count). The number of hydrogen-bond acceptors (Lipinski definition) is 6. The Morgan fingerprint density at radius 1 is 1.44 bits per heavy atom. The van der Waals surface area contributed by atoms with Crippen LogP contribution in [0.1, 0.15) is 37.6 Å². The summed E-state index contributed by atoms with van der Waals surface area (Å²) < 4.78 is 0. The van der Waals surface area contributed by atoms with E-state index in [1.807, 2.05) is 0 Å². The molecule has 7 nitrogen and oxygen atoms in total. The van der Waals surface area contributed by atoms with Crippen molar-refractivity contribution in [3.63, 3.8) is 0 Å². The van der Waals surface area contributed by atoms with Crippen LogP contribution in [0.5, 0.6) is 5.75 Å². The van der Waals surface area contributed by atoms with Gasteiger partial charge < -0.3 is 25.4 Å².